The monoisotopic (exact) mass is 651 g/mol. The molecule has 6 heterocycles. The van der Waals surface area contributed by atoms with Crippen LogP contribution in [0.4, 0.5) is 5.82 Å². The van der Waals surface area contributed by atoms with Crippen molar-refractivity contribution in [1.82, 2.24) is 29.1 Å². The molecule has 3 aliphatic rings. The second kappa shape index (κ2) is 10.9. The molecule has 3 aromatic heterocycles. The van der Waals surface area contributed by atoms with Gasteiger partial charge in [-0.05, 0) is 23.9 Å². The Morgan fingerprint density at radius 3 is 2.51 bits per heavy atom. The number of ether oxygens (including phenoxy) is 2. The average molecular weight is 651 g/mol. The number of hydrogen-bond acceptors (Lipinski definition) is 15. The molecule has 3 aliphatic heterocycles. The molecule has 0 aliphatic carbocycles. The van der Waals surface area contributed by atoms with Crippen LogP contribution in [0.15, 0.2) is 43.2 Å². The fourth-order valence-electron chi connectivity index (χ4n) is 5.37. The lowest BCUT2D eigenvalue weighted by Crippen LogP contribution is -2.36. The van der Waals surface area contributed by atoms with Crippen LogP contribution >= 0.6 is 14.2 Å². The van der Waals surface area contributed by atoms with Gasteiger partial charge in [-0.15, -0.1) is 0 Å². The number of rotatable bonds is 2. The molecule has 3 saturated heterocycles. The normalized spacial score (nSPS) is 38.9. The van der Waals surface area contributed by atoms with E-state index in [0.29, 0.717) is 11.0 Å². The highest BCUT2D eigenvalue weighted by atomic mass is 32.5. The summed E-state index contributed by atoms with van der Waals surface area (Å²) in [5, 5.41) is 22.4. The fourth-order valence-corrected chi connectivity index (χ4v) is 7.80. The van der Waals surface area contributed by atoms with E-state index in [-0.39, 0.29) is 17.0 Å². The number of para-hydroxylation sites is 2. The van der Waals surface area contributed by atoms with Crippen LogP contribution in [0.5, 0.6) is 0 Å². The molecule has 1 aromatic carbocycles. The molecular weight excluding hydrogens is 627 g/mol. The summed E-state index contributed by atoms with van der Waals surface area (Å²) in [6.07, 6.45) is -6.15. The van der Waals surface area contributed by atoms with Crippen LogP contribution in [-0.4, -0.2) is 102 Å². The third-order valence-corrected chi connectivity index (χ3v) is 9.99. The van der Waals surface area contributed by atoms with Gasteiger partial charge in [0.2, 0.25) is 0 Å². The maximum atomic E-state index is 13.3. The number of nitrogens with zero attached hydrogens (tertiary/aromatic N) is 6. The molecule has 3 fully saturated rings. The fraction of sp³-hybridized carbons (Fsp3) is 0.455. The van der Waals surface area contributed by atoms with Gasteiger partial charge in [0.25, 0.3) is 0 Å². The lowest BCUT2D eigenvalue weighted by atomic mass is 10.1. The minimum atomic E-state index is -4.42. The Bertz CT molecular complexity index is 1780. The topological polar surface area (TPSA) is 221 Å². The van der Waals surface area contributed by atoms with E-state index in [9.17, 15) is 19.7 Å². The van der Waals surface area contributed by atoms with Crippen LogP contribution in [0.3, 0.4) is 0 Å². The summed E-state index contributed by atoms with van der Waals surface area (Å²) >= 11 is 5.28. The number of anilines is 1. The van der Waals surface area contributed by atoms with Crippen molar-refractivity contribution in [3.8, 4) is 0 Å². The number of fused-ring (bicyclic) bond motifs is 5. The van der Waals surface area contributed by atoms with E-state index in [0.717, 1.165) is 0 Å². The molecule has 0 amide bonds. The predicted molar refractivity (Wildman–Crippen MR) is 151 cm³/mol. The van der Waals surface area contributed by atoms with Crippen LogP contribution in [0.1, 0.15) is 12.5 Å². The van der Waals surface area contributed by atoms with Gasteiger partial charge in [-0.3, -0.25) is 9.09 Å². The Morgan fingerprint density at radius 1 is 0.930 bits per heavy atom. The quantitative estimate of drug-likeness (QED) is 0.169. The Hall–Kier alpha value is -2.38. The second-order valence-corrected chi connectivity index (χ2v) is 14.4. The van der Waals surface area contributed by atoms with Gasteiger partial charge in [0.1, 0.15) is 48.5 Å². The average Bonchev–Trinajstić information content (AvgIpc) is 3.72. The third-order valence-electron chi connectivity index (χ3n) is 7.38. The minimum absolute atomic E-state index is 0.105. The summed E-state index contributed by atoms with van der Waals surface area (Å²) in [6, 6.07) is 7.17. The number of hydrogen-bond donors (Lipinski definition) is 4. The Kier molecular flexibility index (Phi) is 7.44. The molecule has 7 rings (SSSR count). The highest BCUT2D eigenvalue weighted by Gasteiger charge is 2.51. The zero-order valence-corrected chi connectivity index (χ0v) is 24.5. The van der Waals surface area contributed by atoms with Crippen LogP contribution < -0.4 is 5.73 Å². The number of nitrogen functional groups attached to an aromatic ring is 1. The van der Waals surface area contributed by atoms with Gasteiger partial charge in [0.05, 0.1) is 44.4 Å². The first-order valence-electron chi connectivity index (χ1n) is 12.9. The number of nitrogens with two attached hydrogens (primary N) is 1. The highest BCUT2D eigenvalue weighted by Crippen LogP contribution is 2.53. The van der Waals surface area contributed by atoms with Crippen molar-refractivity contribution in [1.29, 1.82) is 0 Å². The lowest BCUT2D eigenvalue weighted by molar-refractivity contribution is -0.0594. The molecule has 4 aromatic rings. The van der Waals surface area contributed by atoms with Gasteiger partial charge < -0.3 is 60.6 Å². The summed E-state index contributed by atoms with van der Waals surface area (Å²) in [6.45, 7) is -5.15. The van der Waals surface area contributed by atoms with Crippen molar-refractivity contribution in [2.24, 2.45) is 0 Å². The Balaban J connectivity index is 1.20. The van der Waals surface area contributed by atoms with Gasteiger partial charge in [-0.2, -0.15) is 0 Å². The predicted octanol–water partition coefficient (Wildman–Crippen LogP) is 0.286. The highest BCUT2D eigenvalue weighted by molar-refractivity contribution is 8.07. The van der Waals surface area contributed by atoms with Crippen molar-refractivity contribution in [3.63, 3.8) is 0 Å². The SMILES string of the molecule is [B-]P1(=O)OC[C@H]2O[C@@H](n3cnc4c(N)ncnc43)[C@@H](OP(O)(=S)OC[C@H]3O[C@@H](n4cnc5ccccc54)[C@@H](O)C3O1)C2O. The number of imidazole rings is 2. The standard InChI is InChI=1S/C22H24BN7O10P2S/c23-41(33)35-5-12-15(31)18(22(37-12)30-9-28-14-19(24)25-7-26-20(14)30)40-42(34,43)36-6-13-17(39-41)16(32)21(38-13)29-8-27-10-3-1-2-4-11(10)29/h1-4,7-9,12-13,15-18,21-22,31-32H,5-6H2,(H,34,43)(H2,24,25,26)/q-1/t12-,13-,15?,16+,17?,18+,21-,22-,41?,42?/m1/s1. The van der Waals surface area contributed by atoms with Crippen LogP contribution in [0.25, 0.3) is 22.2 Å². The van der Waals surface area contributed by atoms with E-state index >= 15 is 0 Å². The van der Waals surface area contributed by atoms with Gasteiger partial charge in [-0.1, -0.05) is 12.1 Å². The van der Waals surface area contributed by atoms with E-state index in [1.54, 1.807) is 22.8 Å². The first-order valence-corrected chi connectivity index (χ1v) is 17.1. The maximum absolute atomic E-state index is 13.3. The third kappa shape index (κ3) is 5.33. The van der Waals surface area contributed by atoms with E-state index < -0.39 is 76.5 Å². The van der Waals surface area contributed by atoms with Gasteiger partial charge in [-0.25, -0.2) is 19.9 Å². The Morgan fingerprint density at radius 2 is 1.67 bits per heavy atom. The first kappa shape index (κ1) is 29.3. The molecule has 21 heteroatoms. The molecular formula is C22H24BN7O10P2S-. The molecule has 0 saturated carbocycles. The number of aromatic nitrogens is 6. The van der Waals surface area contributed by atoms with E-state index in [2.05, 4.69) is 19.9 Å². The molecule has 0 spiro atoms. The number of aliphatic hydroxyl groups is 2. The number of benzene rings is 1. The van der Waals surface area contributed by atoms with Crippen LogP contribution in [0.2, 0.25) is 0 Å². The first-order chi connectivity index (χ1) is 20.5. The lowest BCUT2D eigenvalue weighted by Gasteiger charge is -2.33. The van der Waals surface area contributed by atoms with Crippen molar-refractivity contribution in [2.75, 3.05) is 18.9 Å². The number of aliphatic hydroxyl groups excluding tert-OH is 2. The Labute approximate surface area is 249 Å². The molecule has 3 radical (unpaired) electrons. The summed E-state index contributed by atoms with van der Waals surface area (Å²) in [4.78, 5) is 27.7. The zero-order chi connectivity index (χ0) is 30.1. The van der Waals surface area contributed by atoms with Crippen LogP contribution in [0, 0.1) is 0 Å². The smallest absolute Gasteiger partial charge is 0.325 e. The summed E-state index contributed by atoms with van der Waals surface area (Å²) in [5.74, 6) is 0.105. The van der Waals surface area contributed by atoms with Gasteiger partial charge >= 0.3 is 6.72 Å². The van der Waals surface area contributed by atoms with E-state index in [1.165, 1.54) is 23.5 Å². The molecule has 227 valence electrons. The summed E-state index contributed by atoms with van der Waals surface area (Å²) in [5.41, 5.74) is 7.71. The summed E-state index contributed by atoms with van der Waals surface area (Å²) < 4.78 is 50.8. The van der Waals surface area contributed by atoms with E-state index in [1.807, 2.05) is 6.07 Å². The van der Waals surface area contributed by atoms with Gasteiger partial charge in [0.15, 0.2) is 23.9 Å². The maximum Gasteiger partial charge on any atom is 0.325 e. The largest absolute Gasteiger partial charge is 0.444 e. The molecule has 4 unspecified atom stereocenters. The van der Waals surface area contributed by atoms with E-state index in [4.69, 9.17) is 52.7 Å². The van der Waals surface area contributed by atoms with Crippen molar-refractivity contribution in [2.45, 2.75) is 49.1 Å². The minimum Gasteiger partial charge on any atom is -0.444 e. The molecule has 2 bridgehead atoms. The molecule has 5 N–H and O–H groups in total. The van der Waals surface area contributed by atoms with Gasteiger partial charge in [0, 0.05) is 0 Å². The van der Waals surface area contributed by atoms with Crippen molar-refractivity contribution < 1.29 is 47.2 Å². The summed E-state index contributed by atoms with van der Waals surface area (Å²) in [7, 11) is 1.51. The van der Waals surface area contributed by atoms with Crippen LogP contribution in [-0.2, 0) is 43.9 Å². The molecule has 43 heavy (non-hydrogen) atoms. The molecule has 17 nitrogen and oxygen atoms in total. The molecule has 10 atom stereocenters. The zero-order valence-electron chi connectivity index (χ0n) is 21.9. The second-order valence-electron chi connectivity index (χ2n) is 10.1. The van der Waals surface area contributed by atoms with Crippen molar-refractivity contribution >= 4 is 61.6 Å². The van der Waals surface area contributed by atoms with Crippen molar-refractivity contribution in [3.05, 3.63) is 43.2 Å².